The van der Waals surface area contributed by atoms with E-state index in [1.165, 1.54) is 41.3 Å². The minimum absolute atomic E-state index is 0.743. The number of piperidine rings is 1. The molecule has 3 heteroatoms. The van der Waals surface area contributed by atoms with Crippen LogP contribution in [0.4, 0.5) is 0 Å². The van der Waals surface area contributed by atoms with E-state index in [1.54, 1.807) is 0 Å². The van der Waals surface area contributed by atoms with Gasteiger partial charge in [-0.2, -0.15) is 0 Å². The van der Waals surface area contributed by atoms with E-state index in [1.807, 2.05) is 0 Å². The van der Waals surface area contributed by atoms with Gasteiger partial charge in [0, 0.05) is 29.1 Å². The summed E-state index contributed by atoms with van der Waals surface area (Å²) in [5, 5.41) is 3.72. The molecule has 2 nitrogen and oxygen atoms in total. The average Bonchev–Trinajstić information content (AvgIpc) is 2.71. The maximum Gasteiger partial charge on any atom is 0.0244 e. The number of fused-ring (bicyclic) bond motifs is 2. The number of nitrogens with zero attached hydrogens (tertiary/aromatic N) is 1. The van der Waals surface area contributed by atoms with Crippen molar-refractivity contribution in [3.8, 4) is 0 Å². The molecule has 0 saturated carbocycles. The van der Waals surface area contributed by atoms with Crippen molar-refractivity contribution in [1.82, 2.24) is 10.2 Å². The second kappa shape index (κ2) is 5.55. The Morgan fingerprint density at radius 3 is 2.58 bits per heavy atom. The molecule has 104 valence electrons. The van der Waals surface area contributed by atoms with E-state index in [0.29, 0.717) is 0 Å². The summed E-state index contributed by atoms with van der Waals surface area (Å²) in [6.45, 7) is 3.19. The number of hydrogen-bond donors (Lipinski definition) is 1. The quantitative estimate of drug-likeness (QED) is 0.916. The lowest BCUT2D eigenvalue weighted by Gasteiger charge is -2.35. The SMILES string of the molecule is Cc1ccc(CN(C)C2CC3CCC(C2)N3)c(Br)c1. The van der Waals surface area contributed by atoms with Gasteiger partial charge in [0.05, 0.1) is 0 Å². The zero-order valence-electron chi connectivity index (χ0n) is 11.8. The Morgan fingerprint density at radius 1 is 1.26 bits per heavy atom. The molecule has 2 fully saturated rings. The van der Waals surface area contributed by atoms with Crippen LogP contribution in [-0.2, 0) is 6.54 Å². The molecule has 2 atom stereocenters. The number of halogens is 1. The van der Waals surface area contributed by atoms with Gasteiger partial charge in [0.25, 0.3) is 0 Å². The summed E-state index contributed by atoms with van der Waals surface area (Å²) >= 11 is 3.70. The van der Waals surface area contributed by atoms with Crippen molar-refractivity contribution >= 4 is 15.9 Å². The molecule has 1 aromatic rings. The molecule has 3 rings (SSSR count). The molecule has 2 unspecified atom stereocenters. The first-order valence-corrected chi connectivity index (χ1v) is 8.12. The van der Waals surface area contributed by atoms with Crippen molar-refractivity contribution in [1.29, 1.82) is 0 Å². The lowest BCUT2D eigenvalue weighted by molar-refractivity contribution is 0.165. The van der Waals surface area contributed by atoms with Crippen LogP contribution in [0, 0.1) is 6.92 Å². The van der Waals surface area contributed by atoms with Gasteiger partial charge in [-0.25, -0.2) is 0 Å². The summed E-state index contributed by atoms with van der Waals surface area (Å²) in [6, 6.07) is 8.97. The summed E-state index contributed by atoms with van der Waals surface area (Å²) in [6.07, 6.45) is 5.39. The van der Waals surface area contributed by atoms with Crippen LogP contribution < -0.4 is 5.32 Å². The van der Waals surface area contributed by atoms with E-state index in [9.17, 15) is 0 Å². The summed E-state index contributed by atoms with van der Waals surface area (Å²) in [4.78, 5) is 2.54. The standard InChI is InChI=1S/C16H23BrN2/c1-11-3-4-12(16(17)7-11)10-19(2)15-8-13-5-6-14(9-15)18-13/h3-4,7,13-15,18H,5-6,8-10H2,1-2H3. The number of rotatable bonds is 3. The zero-order chi connectivity index (χ0) is 13.4. The minimum atomic E-state index is 0.743. The van der Waals surface area contributed by atoms with Crippen molar-refractivity contribution in [2.75, 3.05) is 7.05 Å². The lowest BCUT2D eigenvalue weighted by Crippen LogP contribution is -2.46. The molecule has 2 saturated heterocycles. The van der Waals surface area contributed by atoms with E-state index in [-0.39, 0.29) is 0 Å². The third-order valence-electron chi connectivity index (χ3n) is 4.70. The minimum Gasteiger partial charge on any atom is -0.311 e. The normalized spacial score (nSPS) is 30.0. The molecular weight excluding hydrogens is 300 g/mol. The highest BCUT2D eigenvalue weighted by Gasteiger charge is 2.34. The Bertz CT molecular complexity index is 448. The van der Waals surface area contributed by atoms with Crippen LogP contribution in [0.5, 0.6) is 0 Å². The molecule has 2 aliphatic rings. The molecule has 0 aliphatic carbocycles. The lowest BCUT2D eigenvalue weighted by atomic mass is 9.98. The maximum absolute atomic E-state index is 3.72. The van der Waals surface area contributed by atoms with Crippen LogP contribution in [0.2, 0.25) is 0 Å². The highest BCUT2D eigenvalue weighted by Crippen LogP contribution is 2.30. The molecule has 1 aromatic carbocycles. The number of hydrogen-bond acceptors (Lipinski definition) is 2. The van der Waals surface area contributed by atoms with E-state index in [2.05, 4.69) is 58.3 Å². The monoisotopic (exact) mass is 322 g/mol. The Hall–Kier alpha value is -0.380. The maximum atomic E-state index is 3.72. The van der Waals surface area contributed by atoms with Crippen LogP contribution in [0.25, 0.3) is 0 Å². The van der Waals surface area contributed by atoms with Gasteiger partial charge in [-0.15, -0.1) is 0 Å². The molecule has 0 spiro atoms. The molecule has 2 bridgehead atoms. The van der Waals surface area contributed by atoms with Crippen LogP contribution >= 0.6 is 15.9 Å². The van der Waals surface area contributed by atoms with Crippen LogP contribution in [-0.4, -0.2) is 30.1 Å². The van der Waals surface area contributed by atoms with Crippen LogP contribution in [0.1, 0.15) is 36.8 Å². The second-order valence-electron chi connectivity index (χ2n) is 6.27. The van der Waals surface area contributed by atoms with E-state index in [4.69, 9.17) is 0 Å². The van der Waals surface area contributed by atoms with E-state index >= 15 is 0 Å². The topological polar surface area (TPSA) is 15.3 Å². The Morgan fingerprint density at radius 2 is 1.95 bits per heavy atom. The average molecular weight is 323 g/mol. The summed E-state index contributed by atoms with van der Waals surface area (Å²) in [5.74, 6) is 0. The van der Waals surface area contributed by atoms with Gasteiger partial charge in [-0.1, -0.05) is 28.1 Å². The molecule has 0 amide bonds. The summed E-state index contributed by atoms with van der Waals surface area (Å²) < 4.78 is 1.25. The number of benzene rings is 1. The third kappa shape index (κ3) is 3.04. The smallest absolute Gasteiger partial charge is 0.0244 e. The summed E-state index contributed by atoms with van der Waals surface area (Å²) in [5.41, 5.74) is 2.72. The van der Waals surface area contributed by atoms with Gasteiger partial charge in [0.15, 0.2) is 0 Å². The fourth-order valence-electron chi connectivity index (χ4n) is 3.57. The predicted octanol–water partition coefficient (Wildman–Crippen LogP) is 3.47. The highest BCUT2D eigenvalue weighted by atomic mass is 79.9. The molecule has 0 radical (unpaired) electrons. The first-order valence-electron chi connectivity index (χ1n) is 7.33. The molecular formula is C16H23BrN2. The van der Waals surface area contributed by atoms with Crippen molar-refractivity contribution in [3.05, 3.63) is 33.8 Å². The van der Waals surface area contributed by atoms with Crippen molar-refractivity contribution in [2.24, 2.45) is 0 Å². The number of nitrogens with one attached hydrogen (secondary N) is 1. The van der Waals surface area contributed by atoms with Crippen LogP contribution in [0.15, 0.2) is 22.7 Å². The van der Waals surface area contributed by atoms with Gasteiger partial charge in [-0.05, 0) is 56.8 Å². The first kappa shape index (κ1) is 13.6. The van der Waals surface area contributed by atoms with Crippen molar-refractivity contribution in [3.63, 3.8) is 0 Å². The largest absolute Gasteiger partial charge is 0.311 e. The second-order valence-corrected chi connectivity index (χ2v) is 7.13. The van der Waals surface area contributed by atoms with Gasteiger partial charge in [0.2, 0.25) is 0 Å². The third-order valence-corrected chi connectivity index (χ3v) is 5.44. The Kier molecular flexibility index (Phi) is 3.97. The van der Waals surface area contributed by atoms with Crippen molar-refractivity contribution < 1.29 is 0 Å². The molecule has 2 heterocycles. The Labute approximate surface area is 124 Å². The molecule has 19 heavy (non-hydrogen) atoms. The summed E-state index contributed by atoms with van der Waals surface area (Å²) in [7, 11) is 2.28. The van der Waals surface area contributed by atoms with Crippen molar-refractivity contribution in [2.45, 2.75) is 57.3 Å². The molecule has 0 aromatic heterocycles. The first-order chi connectivity index (χ1) is 9.11. The van der Waals surface area contributed by atoms with Crippen LogP contribution in [0.3, 0.4) is 0 Å². The van der Waals surface area contributed by atoms with E-state index < -0.39 is 0 Å². The van der Waals surface area contributed by atoms with Gasteiger partial charge in [-0.3, -0.25) is 4.90 Å². The van der Waals surface area contributed by atoms with Gasteiger partial charge in [0.1, 0.15) is 0 Å². The zero-order valence-corrected chi connectivity index (χ0v) is 13.4. The van der Waals surface area contributed by atoms with Gasteiger partial charge < -0.3 is 5.32 Å². The Balaban J connectivity index is 1.66. The highest BCUT2D eigenvalue weighted by molar-refractivity contribution is 9.10. The predicted molar refractivity (Wildman–Crippen MR) is 83.3 cm³/mol. The van der Waals surface area contributed by atoms with E-state index in [0.717, 1.165) is 24.7 Å². The molecule has 2 aliphatic heterocycles. The van der Waals surface area contributed by atoms with Gasteiger partial charge >= 0.3 is 0 Å². The fourth-order valence-corrected chi connectivity index (χ4v) is 4.18. The number of aryl methyl sites for hydroxylation is 1. The fraction of sp³-hybridized carbons (Fsp3) is 0.625. The molecule has 1 N–H and O–H groups in total.